The Morgan fingerprint density at radius 1 is 1.04 bits per heavy atom. The molecule has 1 aliphatic heterocycles. The summed E-state index contributed by atoms with van der Waals surface area (Å²) in [5.41, 5.74) is 4.74. The van der Waals surface area contributed by atoms with Crippen LogP contribution in [0.4, 0.5) is 16.2 Å². The summed E-state index contributed by atoms with van der Waals surface area (Å²) in [7, 11) is -3.48. The van der Waals surface area contributed by atoms with Crippen LogP contribution in [-0.2, 0) is 29.3 Å². The van der Waals surface area contributed by atoms with E-state index in [2.05, 4.69) is 10.6 Å². The average Bonchev–Trinajstić information content (AvgIpc) is 3.13. The molecule has 3 rings (SSSR count). The van der Waals surface area contributed by atoms with Crippen molar-refractivity contribution in [3.8, 4) is 0 Å². The first-order chi connectivity index (χ1) is 13.5. The lowest BCUT2D eigenvalue weighted by Crippen LogP contribution is -2.38. The standard InChI is InChI=1S/C21H27N3O3S/c1-3-16-9-7-10-17(4-2)20(16)23-21(25)22-13-15-28(26,27)24-14-12-18-8-5-6-11-19(18)24/h5-11H,3-4,12-15H2,1-2H3,(H2,22,23,25). The van der Waals surface area contributed by atoms with Crippen molar-refractivity contribution in [1.29, 1.82) is 0 Å². The number of fused-ring (bicyclic) bond motifs is 1. The van der Waals surface area contributed by atoms with Crippen molar-refractivity contribution in [2.24, 2.45) is 0 Å². The Kier molecular flexibility index (Phi) is 6.24. The van der Waals surface area contributed by atoms with E-state index < -0.39 is 10.0 Å². The van der Waals surface area contributed by atoms with Crippen molar-refractivity contribution in [2.45, 2.75) is 33.1 Å². The van der Waals surface area contributed by atoms with Gasteiger partial charge < -0.3 is 10.6 Å². The van der Waals surface area contributed by atoms with E-state index in [1.165, 1.54) is 4.31 Å². The van der Waals surface area contributed by atoms with E-state index >= 15 is 0 Å². The highest BCUT2D eigenvalue weighted by molar-refractivity contribution is 7.92. The van der Waals surface area contributed by atoms with Crippen molar-refractivity contribution < 1.29 is 13.2 Å². The Balaban J connectivity index is 1.59. The summed E-state index contributed by atoms with van der Waals surface area (Å²) in [6.07, 6.45) is 2.34. The fraction of sp³-hybridized carbons (Fsp3) is 0.381. The SMILES string of the molecule is CCc1cccc(CC)c1NC(=O)NCCS(=O)(=O)N1CCc2ccccc21. The van der Waals surface area contributed by atoms with Gasteiger partial charge in [-0.05, 0) is 42.0 Å². The molecule has 0 bridgehead atoms. The highest BCUT2D eigenvalue weighted by Crippen LogP contribution is 2.29. The highest BCUT2D eigenvalue weighted by Gasteiger charge is 2.28. The summed E-state index contributed by atoms with van der Waals surface area (Å²) in [6, 6.07) is 13.1. The predicted molar refractivity (Wildman–Crippen MR) is 113 cm³/mol. The third-order valence-electron chi connectivity index (χ3n) is 5.06. The molecule has 2 aromatic rings. The lowest BCUT2D eigenvalue weighted by Gasteiger charge is -2.20. The second kappa shape index (κ2) is 8.65. The van der Waals surface area contributed by atoms with Gasteiger partial charge in [0.05, 0.1) is 11.4 Å². The van der Waals surface area contributed by atoms with Gasteiger partial charge in [-0.2, -0.15) is 0 Å². The second-order valence-corrected chi connectivity index (χ2v) is 8.82. The van der Waals surface area contributed by atoms with Crippen LogP contribution in [0.1, 0.15) is 30.5 Å². The maximum Gasteiger partial charge on any atom is 0.319 e. The smallest absolute Gasteiger partial charge is 0.319 e. The Labute approximate surface area is 167 Å². The van der Waals surface area contributed by atoms with E-state index in [0.29, 0.717) is 6.54 Å². The van der Waals surface area contributed by atoms with E-state index in [1.54, 1.807) is 0 Å². The largest absolute Gasteiger partial charge is 0.337 e. The molecular weight excluding hydrogens is 374 g/mol. The number of anilines is 2. The molecule has 0 fully saturated rings. The van der Waals surface area contributed by atoms with Crippen LogP contribution < -0.4 is 14.9 Å². The zero-order valence-electron chi connectivity index (χ0n) is 16.4. The lowest BCUT2D eigenvalue weighted by molar-refractivity contribution is 0.252. The Bertz CT molecular complexity index is 935. The minimum atomic E-state index is -3.48. The lowest BCUT2D eigenvalue weighted by atomic mass is 10.0. The molecule has 0 unspecified atom stereocenters. The molecule has 2 aromatic carbocycles. The Morgan fingerprint density at radius 2 is 1.71 bits per heavy atom. The molecule has 0 saturated heterocycles. The normalized spacial score (nSPS) is 13.3. The molecule has 2 amide bonds. The number of amides is 2. The van der Waals surface area contributed by atoms with Gasteiger partial charge in [-0.1, -0.05) is 50.2 Å². The first kappa shape index (κ1) is 20.2. The van der Waals surface area contributed by atoms with Crippen molar-refractivity contribution in [2.75, 3.05) is 28.5 Å². The van der Waals surface area contributed by atoms with Crippen molar-refractivity contribution in [1.82, 2.24) is 5.32 Å². The zero-order valence-corrected chi connectivity index (χ0v) is 17.2. The number of urea groups is 1. The third-order valence-corrected chi connectivity index (χ3v) is 6.83. The van der Waals surface area contributed by atoms with Crippen molar-refractivity contribution >= 4 is 27.4 Å². The molecule has 0 radical (unpaired) electrons. The van der Waals surface area contributed by atoms with Crippen LogP contribution in [0.15, 0.2) is 42.5 Å². The van der Waals surface area contributed by atoms with Crippen LogP contribution in [0.2, 0.25) is 0 Å². The first-order valence-corrected chi connectivity index (χ1v) is 11.3. The van der Waals surface area contributed by atoms with Crippen LogP contribution >= 0.6 is 0 Å². The van der Waals surface area contributed by atoms with Crippen molar-refractivity contribution in [3.05, 3.63) is 59.2 Å². The average molecular weight is 402 g/mol. The molecule has 28 heavy (non-hydrogen) atoms. The zero-order chi connectivity index (χ0) is 20.1. The maximum absolute atomic E-state index is 12.7. The highest BCUT2D eigenvalue weighted by atomic mass is 32.2. The first-order valence-electron chi connectivity index (χ1n) is 9.70. The molecule has 0 saturated carbocycles. The van der Waals surface area contributed by atoms with Gasteiger partial charge in [0.1, 0.15) is 0 Å². The number of aryl methyl sites for hydroxylation is 2. The van der Waals surface area contributed by atoms with E-state index in [9.17, 15) is 13.2 Å². The van der Waals surface area contributed by atoms with Crippen LogP contribution in [0.25, 0.3) is 0 Å². The minimum absolute atomic E-state index is 0.0581. The maximum atomic E-state index is 12.7. The van der Waals surface area contributed by atoms with Crippen LogP contribution in [-0.4, -0.2) is 33.3 Å². The molecular formula is C21H27N3O3S. The predicted octanol–water partition coefficient (Wildman–Crippen LogP) is 3.33. The number of benzene rings is 2. The van der Waals surface area contributed by atoms with Gasteiger partial charge in [0.15, 0.2) is 0 Å². The molecule has 2 N–H and O–H groups in total. The molecule has 6 nitrogen and oxygen atoms in total. The van der Waals surface area contributed by atoms with E-state index in [1.807, 2.05) is 56.3 Å². The number of hydrogen-bond donors (Lipinski definition) is 2. The molecule has 150 valence electrons. The monoisotopic (exact) mass is 401 g/mol. The molecule has 0 aliphatic carbocycles. The van der Waals surface area contributed by atoms with E-state index in [0.717, 1.165) is 47.3 Å². The van der Waals surface area contributed by atoms with Gasteiger partial charge in [0, 0.05) is 18.8 Å². The summed E-state index contributed by atoms with van der Waals surface area (Å²) >= 11 is 0. The fourth-order valence-corrected chi connectivity index (χ4v) is 4.99. The van der Waals surface area contributed by atoms with E-state index in [-0.39, 0.29) is 18.3 Å². The molecule has 1 heterocycles. The Morgan fingerprint density at radius 3 is 2.39 bits per heavy atom. The van der Waals surface area contributed by atoms with Gasteiger partial charge in [-0.25, -0.2) is 13.2 Å². The van der Waals surface area contributed by atoms with Gasteiger partial charge >= 0.3 is 6.03 Å². The topological polar surface area (TPSA) is 78.5 Å². The van der Waals surface area contributed by atoms with Crippen LogP contribution in [0.5, 0.6) is 0 Å². The minimum Gasteiger partial charge on any atom is -0.337 e. The second-order valence-electron chi connectivity index (χ2n) is 6.81. The number of rotatable bonds is 7. The number of nitrogens with one attached hydrogen (secondary N) is 2. The molecule has 1 aliphatic rings. The molecule has 0 spiro atoms. The fourth-order valence-electron chi connectivity index (χ4n) is 3.56. The number of sulfonamides is 1. The Hall–Kier alpha value is -2.54. The van der Waals surface area contributed by atoms with Gasteiger partial charge in [0.2, 0.25) is 10.0 Å². The van der Waals surface area contributed by atoms with Crippen LogP contribution in [0, 0.1) is 0 Å². The summed E-state index contributed by atoms with van der Waals surface area (Å²) in [5.74, 6) is -0.134. The summed E-state index contributed by atoms with van der Waals surface area (Å²) < 4.78 is 26.8. The summed E-state index contributed by atoms with van der Waals surface area (Å²) in [5, 5.41) is 5.58. The van der Waals surface area contributed by atoms with Crippen LogP contribution in [0.3, 0.4) is 0 Å². The summed E-state index contributed by atoms with van der Waals surface area (Å²) in [4.78, 5) is 12.3. The van der Waals surface area contributed by atoms with Crippen molar-refractivity contribution in [3.63, 3.8) is 0 Å². The van der Waals surface area contributed by atoms with Gasteiger partial charge in [0.25, 0.3) is 0 Å². The number of carbonyl (C=O) groups excluding carboxylic acids is 1. The summed E-state index contributed by atoms with van der Waals surface area (Å²) in [6.45, 7) is 4.59. The molecule has 0 aromatic heterocycles. The number of hydrogen-bond acceptors (Lipinski definition) is 3. The molecule has 0 atom stereocenters. The van der Waals surface area contributed by atoms with Gasteiger partial charge in [-0.3, -0.25) is 4.31 Å². The molecule has 7 heteroatoms. The number of nitrogens with zero attached hydrogens (tertiary/aromatic N) is 1. The number of carbonyl (C=O) groups is 1. The quantitative estimate of drug-likeness (QED) is 0.747. The number of para-hydroxylation sites is 2. The third kappa shape index (κ3) is 4.30. The van der Waals surface area contributed by atoms with E-state index in [4.69, 9.17) is 0 Å². The van der Waals surface area contributed by atoms with Gasteiger partial charge in [-0.15, -0.1) is 0 Å².